The molecule has 23 heavy (non-hydrogen) atoms. The normalized spacial score (nSPS) is 10.3. The van der Waals surface area contributed by atoms with Gasteiger partial charge >= 0.3 is 5.97 Å². The van der Waals surface area contributed by atoms with Crippen LogP contribution in [0.3, 0.4) is 0 Å². The summed E-state index contributed by atoms with van der Waals surface area (Å²) in [5, 5.41) is 2.74. The van der Waals surface area contributed by atoms with Gasteiger partial charge in [-0.25, -0.2) is 9.78 Å². The summed E-state index contributed by atoms with van der Waals surface area (Å²) in [6.07, 6.45) is 5.22. The van der Waals surface area contributed by atoms with E-state index in [0.29, 0.717) is 5.56 Å². The molecule has 3 rings (SSSR count). The summed E-state index contributed by atoms with van der Waals surface area (Å²) in [6.45, 7) is 2.00. The third-order valence-electron chi connectivity index (χ3n) is 3.40. The van der Waals surface area contributed by atoms with E-state index >= 15 is 0 Å². The molecule has 0 saturated heterocycles. The second-order valence-corrected chi connectivity index (χ2v) is 5.72. The Morgan fingerprint density at radius 1 is 1.17 bits per heavy atom. The average Bonchev–Trinajstić information content (AvgIpc) is 3.11. The Morgan fingerprint density at radius 2 is 1.96 bits per heavy atom. The van der Waals surface area contributed by atoms with Gasteiger partial charge in [-0.1, -0.05) is 6.07 Å². The smallest absolute Gasteiger partial charge is 0.337 e. The molecule has 0 N–H and O–H groups in total. The number of esters is 1. The van der Waals surface area contributed by atoms with Crippen molar-refractivity contribution in [1.29, 1.82) is 0 Å². The van der Waals surface area contributed by atoms with Crippen molar-refractivity contribution in [2.75, 3.05) is 12.0 Å². The molecule has 0 bridgehead atoms. The van der Waals surface area contributed by atoms with Gasteiger partial charge in [0.1, 0.15) is 0 Å². The van der Waals surface area contributed by atoms with Crippen LogP contribution in [-0.2, 0) is 4.74 Å². The number of pyridine rings is 1. The highest BCUT2D eigenvalue weighted by molar-refractivity contribution is 7.13. The minimum Gasteiger partial charge on any atom is -0.465 e. The molecule has 6 heteroatoms. The maximum absolute atomic E-state index is 11.9. The Morgan fingerprint density at radius 3 is 2.61 bits per heavy atom. The number of methoxy groups -OCH3 is 1. The summed E-state index contributed by atoms with van der Waals surface area (Å²) in [4.78, 5) is 22.3. The highest BCUT2D eigenvalue weighted by Crippen LogP contribution is 2.37. The molecule has 0 fully saturated rings. The van der Waals surface area contributed by atoms with E-state index in [-0.39, 0.29) is 5.97 Å². The first-order valence-electron chi connectivity index (χ1n) is 6.99. The fraction of sp³-hybridized carbons (Fsp3) is 0.118. The predicted molar refractivity (Wildman–Crippen MR) is 90.7 cm³/mol. The van der Waals surface area contributed by atoms with Crippen molar-refractivity contribution in [3.05, 3.63) is 65.4 Å². The van der Waals surface area contributed by atoms with Crippen LogP contribution >= 0.6 is 11.3 Å². The van der Waals surface area contributed by atoms with Gasteiger partial charge in [-0.3, -0.25) is 9.88 Å². The second-order valence-electron chi connectivity index (χ2n) is 4.85. The molecule has 2 heterocycles. The fourth-order valence-electron chi connectivity index (χ4n) is 2.27. The van der Waals surface area contributed by atoms with Gasteiger partial charge in [-0.2, -0.15) is 0 Å². The Bertz CT molecular complexity index is 804. The first kappa shape index (κ1) is 15.2. The average molecular weight is 325 g/mol. The molecule has 0 aliphatic rings. The summed E-state index contributed by atoms with van der Waals surface area (Å²) in [5.41, 5.74) is 3.35. The quantitative estimate of drug-likeness (QED) is 0.676. The van der Waals surface area contributed by atoms with Crippen LogP contribution in [0, 0.1) is 6.92 Å². The van der Waals surface area contributed by atoms with E-state index < -0.39 is 0 Å². The monoisotopic (exact) mass is 325 g/mol. The van der Waals surface area contributed by atoms with Gasteiger partial charge in [0.2, 0.25) is 0 Å². The number of aromatic nitrogens is 2. The molecule has 1 aromatic carbocycles. The predicted octanol–water partition coefficient (Wildman–Crippen LogP) is 4.10. The molecular formula is C17H15N3O2S. The number of carbonyl (C=O) groups is 1. The molecule has 0 saturated carbocycles. The molecule has 0 radical (unpaired) electrons. The van der Waals surface area contributed by atoms with Crippen molar-refractivity contribution < 1.29 is 9.53 Å². The zero-order valence-corrected chi connectivity index (χ0v) is 13.6. The van der Waals surface area contributed by atoms with Crippen LogP contribution in [0.4, 0.5) is 16.5 Å². The molecule has 0 atom stereocenters. The molecule has 0 unspecified atom stereocenters. The highest BCUT2D eigenvalue weighted by Gasteiger charge is 2.18. The van der Waals surface area contributed by atoms with Crippen LogP contribution in [-0.4, -0.2) is 23.0 Å². The maximum Gasteiger partial charge on any atom is 0.337 e. The zero-order valence-electron chi connectivity index (χ0n) is 12.8. The number of benzene rings is 1. The number of anilines is 3. The summed E-state index contributed by atoms with van der Waals surface area (Å²) < 4.78 is 4.83. The number of aryl methyl sites for hydroxylation is 1. The van der Waals surface area contributed by atoms with Crippen molar-refractivity contribution in [1.82, 2.24) is 9.97 Å². The van der Waals surface area contributed by atoms with E-state index in [1.807, 2.05) is 41.5 Å². The molecule has 5 nitrogen and oxygen atoms in total. The number of thiazole rings is 1. The number of rotatable bonds is 4. The molecule has 0 amide bonds. The molecule has 116 valence electrons. The highest BCUT2D eigenvalue weighted by atomic mass is 32.1. The Labute approximate surface area is 138 Å². The van der Waals surface area contributed by atoms with E-state index in [0.717, 1.165) is 22.1 Å². The van der Waals surface area contributed by atoms with Gasteiger partial charge in [-0.05, 0) is 36.8 Å². The third-order valence-corrected chi connectivity index (χ3v) is 4.16. The fourth-order valence-corrected chi connectivity index (χ4v) is 2.94. The van der Waals surface area contributed by atoms with Crippen LogP contribution < -0.4 is 4.90 Å². The van der Waals surface area contributed by atoms with Crippen molar-refractivity contribution in [3.63, 3.8) is 0 Å². The van der Waals surface area contributed by atoms with Crippen LogP contribution in [0.25, 0.3) is 0 Å². The van der Waals surface area contributed by atoms with Gasteiger partial charge in [0.15, 0.2) is 5.13 Å². The number of ether oxygens (including phenoxy) is 1. The van der Waals surface area contributed by atoms with Gasteiger partial charge in [0.05, 0.1) is 24.0 Å². The number of nitrogens with zero attached hydrogens (tertiary/aromatic N) is 3. The lowest BCUT2D eigenvalue weighted by molar-refractivity contribution is 0.0601. The van der Waals surface area contributed by atoms with Crippen molar-refractivity contribution in [3.8, 4) is 0 Å². The zero-order chi connectivity index (χ0) is 16.2. The molecule has 0 spiro atoms. The largest absolute Gasteiger partial charge is 0.465 e. The first-order chi connectivity index (χ1) is 11.2. The van der Waals surface area contributed by atoms with Crippen molar-refractivity contribution in [2.24, 2.45) is 0 Å². The maximum atomic E-state index is 11.9. The van der Waals surface area contributed by atoms with Gasteiger partial charge in [0, 0.05) is 24.0 Å². The topological polar surface area (TPSA) is 55.3 Å². The van der Waals surface area contributed by atoms with E-state index in [2.05, 4.69) is 9.97 Å². The number of hydrogen-bond donors (Lipinski definition) is 0. The minimum atomic E-state index is -0.361. The Balaban J connectivity index is 2.16. The second kappa shape index (κ2) is 6.58. The lowest BCUT2D eigenvalue weighted by atomic mass is 10.1. The Kier molecular flexibility index (Phi) is 4.34. The van der Waals surface area contributed by atoms with Crippen molar-refractivity contribution in [2.45, 2.75) is 6.92 Å². The molecule has 0 aliphatic heterocycles. The van der Waals surface area contributed by atoms with Gasteiger partial charge < -0.3 is 4.74 Å². The van der Waals surface area contributed by atoms with Gasteiger partial charge in [-0.15, -0.1) is 11.3 Å². The molecular weight excluding hydrogens is 310 g/mol. The third kappa shape index (κ3) is 3.07. The minimum absolute atomic E-state index is 0.361. The first-order valence-corrected chi connectivity index (χ1v) is 7.87. The van der Waals surface area contributed by atoms with E-state index in [4.69, 9.17) is 4.74 Å². The molecule has 0 aliphatic carbocycles. The summed E-state index contributed by atoms with van der Waals surface area (Å²) in [5.74, 6) is -0.361. The van der Waals surface area contributed by atoms with Crippen LogP contribution in [0.1, 0.15) is 15.9 Å². The Hall–Kier alpha value is -2.73. The van der Waals surface area contributed by atoms with E-state index in [1.54, 1.807) is 24.7 Å². The SMILES string of the molecule is COC(=O)c1ccc(C)c(N(c2ccncc2)c2nccs2)c1. The van der Waals surface area contributed by atoms with Gasteiger partial charge in [0.25, 0.3) is 0 Å². The molecule has 2 aromatic heterocycles. The number of carbonyl (C=O) groups excluding carboxylic acids is 1. The van der Waals surface area contributed by atoms with E-state index in [9.17, 15) is 4.79 Å². The van der Waals surface area contributed by atoms with Crippen LogP contribution in [0.2, 0.25) is 0 Å². The lowest BCUT2D eigenvalue weighted by Crippen LogP contribution is -2.12. The number of hydrogen-bond acceptors (Lipinski definition) is 6. The molecule has 3 aromatic rings. The van der Waals surface area contributed by atoms with Crippen LogP contribution in [0.5, 0.6) is 0 Å². The summed E-state index contributed by atoms with van der Waals surface area (Å²) >= 11 is 1.53. The van der Waals surface area contributed by atoms with Crippen molar-refractivity contribution >= 4 is 33.8 Å². The summed E-state index contributed by atoms with van der Waals surface area (Å²) in [6, 6.07) is 9.31. The summed E-state index contributed by atoms with van der Waals surface area (Å²) in [7, 11) is 1.38. The standard InChI is InChI=1S/C17H15N3O2S/c1-12-3-4-13(16(21)22-2)11-15(12)20(17-19-9-10-23-17)14-5-7-18-8-6-14/h3-11H,1-2H3. The van der Waals surface area contributed by atoms with E-state index in [1.165, 1.54) is 18.4 Å². The van der Waals surface area contributed by atoms with Crippen LogP contribution in [0.15, 0.2) is 54.3 Å². The lowest BCUT2D eigenvalue weighted by Gasteiger charge is -2.24.